The Morgan fingerprint density at radius 2 is 2.00 bits per heavy atom. The second-order valence-corrected chi connectivity index (χ2v) is 6.21. The zero-order chi connectivity index (χ0) is 15.9. The standard InChI is InChI=1S/C14H16BF2NO4/c1-14(2)7-20-15(21-8-14)9-3-4-11-10(5-9)18(6-12(16)17)13(19)22-11/h3-5,12H,6-8H2,1-2H3. The number of alkyl halides is 2. The first-order valence-electron chi connectivity index (χ1n) is 7.00. The van der Waals surface area contributed by atoms with Gasteiger partial charge in [0.2, 0.25) is 0 Å². The molecule has 1 aliphatic heterocycles. The van der Waals surface area contributed by atoms with Crippen molar-refractivity contribution in [3.8, 4) is 0 Å². The summed E-state index contributed by atoms with van der Waals surface area (Å²) in [7, 11) is -0.567. The Morgan fingerprint density at radius 3 is 2.64 bits per heavy atom. The molecule has 0 atom stereocenters. The molecule has 1 aromatic heterocycles. The van der Waals surface area contributed by atoms with Crippen LogP contribution >= 0.6 is 0 Å². The maximum Gasteiger partial charge on any atom is 0.493 e. The van der Waals surface area contributed by atoms with Crippen LogP contribution < -0.4 is 11.2 Å². The molecule has 0 saturated carbocycles. The van der Waals surface area contributed by atoms with Crippen LogP contribution in [0.25, 0.3) is 11.1 Å². The third-order valence-corrected chi connectivity index (χ3v) is 3.54. The van der Waals surface area contributed by atoms with Crippen molar-refractivity contribution in [2.24, 2.45) is 5.41 Å². The molecule has 118 valence electrons. The van der Waals surface area contributed by atoms with Gasteiger partial charge in [-0.2, -0.15) is 0 Å². The van der Waals surface area contributed by atoms with Crippen LogP contribution in [0.3, 0.4) is 0 Å². The highest BCUT2D eigenvalue weighted by Gasteiger charge is 2.33. The van der Waals surface area contributed by atoms with Crippen molar-refractivity contribution in [1.82, 2.24) is 4.57 Å². The minimum Gasteiger partial charge on any atom is -0.408 e. The molecule has 3 rings (SSSR count). The average Bonchev–Trinajstić information content (AvgIpc) is 2.74. The third-order valence-electron chi connectivity index (χ3n) is 3.54. The van der Waals surface area contributed by atoms with E-state index >= 15 is 0 Å². The zero-order valence-corrected chi connectivity index (χ0v) is 12.3. The van der Waals surface area contributed by atoms with E-state index < -0.39 is 25.8 Å². The first-order valence-corrected chi connectivity index (χ1v) is 7.00. The Labute approximate surface area is 125 Å². The normalized spacial score (nSPS) is 18.3. The van der Waals surface area contributed by atoms with Gasteiger partial charge in [-0.1, -0.05) is 19.9 Å². The molecule has 0 N–H and O–H groups in total. The molecule has 22 heavy (non-hydrogen) atoms. The van der Waals surface area contributed by atoms with E-state index in [9.17, 15) is 13.6 Å². The molecule has 1 aromatic carbocycles. The third kappa shape index (κ3) is 2.93. The molecule has 0 radical (unpaired) electrons. The summed E-state index contributed by atoms with van der Waals surface area (Å²) in [5.41, 5.74) is 1.20. The van der Waals surface area contributed by atoms with Gasteiger partial charge in [0, 0.05) is 18.6 Å². The molecule has 0 unspecified atom stereocenters. The fraction of sp³-hybridized carbons (Fsp3) is 0.500. The van der Waals surface area contributed by atoms with Gasteiger partial charge < -0.3 is 13.7 Å². The highest BCUT2D eigenvalue weighted by atomic mass is 19.3. The number of fused-ring (bicyclic) bond motifs is 1. The summed E-state index contributed by atoms with van der Waals surface area (Å²) >= 11 is 0. The van der Waals surface area contributed by atoms with E-state index in [1.807, 2.05) is 13.8 Å². The van der Waals surface area contributed by atoms with E-state index in [2.05, 4.69) is 0 Å². The van der Waals surface area contributed by atoms with Gasteiger partial charge in [0.05, 0.1) is 12.1 Å². The predicted molar refractivity (Wildman–Crippen MR) is 77.6 cm³/mol. The van der Waals surface area contributed by atoms with Gasteiger partial charge in [-0.3, -0.25) is 4.57 Å². The lowest BCUT2D eigenvalue weighted by Gasteiger charge is -2.33. The topological polar surface area (TPSA) is 53.6 Å². The van der Waals surface area contributed by atoms with Gasteiger partial charge in [0.15, 0.2) is 5.58 Å². The summed E-state index contributed by atoms with van der Waals surface area (Å²) < 4.78 is 42.4. The number of oxazole rings is 1. The lowest BCUT2D eigenvalue weighted by atomic mass is 9.76. The van der Waals surface area contributed by atoms with E-state index in [4.69, 9.17) is 13.7 Å². The molecule has 1 saturated heterocycles. The molecule has 1 fully saturated rings. The fourth-order valence-electron chi connectivity index (χ4n) is 2.42. The lowest BCUT2D eigenvalue weighted by molar-refractivity contribution is 0.0343. The van der Waals surface area contributed by atoms with Gasteiger partial charge >= 0.3 is 12.9 Å². The van der Waals surface area contributed by atoms with Gasteiger partial charge in [-0.25, -0.2) is 13.6 Å². The van der Waals surface area contributed by atoms with Crippen LogP contribution in [0.2, 0.25) is 0 Å². The average molecular weight is 311 g/mol. The van der Waals surface area contributed by atoms with Crippen molar-refractivity contribution in [1.29, 1.82) is 0 Å². The van der Waals surface area contributed by atoms with E-state index in [1.54, 1.807) is 18.2 Å². The van der Waals surface area contributed by atoms with Crippen LogP contribution in [0, 0.1) is 5.41 Å². The number of rotatable bonds is 3. The van der Waals surface area contributed by atoms with E-state index in [0.29, 0.717) is 24.2 Å². The molecule has 2 aromatic rings. The second-order valence-electron chi connectivity index (χ2n) is 6.21. The van der Waals surface area contributed by atoms with Crippen LogP contribution in [-0.4, -0.2) is 31.3 Å². The van der Waals surface area contributed by atoms with Crippen molar-refractivity contribution < 1.29 is 22.5 Å². The number of benzene rings is 1. The van der Waals surface area contributed by atoms with Crippen LogP contribution in [0.15, 0.2) is 27.4 Å². The Balaban J connectivity index is 1.94. The highest BCUT2D eigenvalue weighted by molar-refractivity contribution is 6.61. The van der Waals surface area contributed by atoms with Gasteiger partial charge in [-0.15, -0.1) is 0 Å². The van der Waals surface area contributed by atoms with Crippen LogP contribution in [0.4, 0.5) is 8.78 Å². The number of hydrogen-bond acceptors (Lipinski definition) is 4. The van der Waals surface area contributed by atoms with Crippen LogP contribution in [0.1, 0.15) is 13.8 Å². The first kappa shape index (κ1) is 15.2. The SMILES string of the molecule is CC1(C)COB(c2ccc3oc(=O)n(CC(F)F)c3c2)OC1. The Kier molecular flexibility index (Phi) is 3.82. The van der Waals surface area contributed by atoms with Gasteiger partial charge in [-0.05, 0) is 17.6 Å². The van der Waals surface area contributed by atoms with Crippen molar-refractivity contribution >= 4 is 23.7 Å². The maximum atomic E-state index is 12.6. The van der Waals surface area contributed by atoms with Crippen LogP contribution in [-0.2, 0) is 15.9 Å². The lowest BCUT2D eigenvalue weighted by Crippen LogP contribution is -2.47. The maximum absolute atomic E-state index is 12.6. The fourth-order valence-corrected chi connectivity index (χ4v) is 2.42. The summed E-state index contributed by atoms with van der Waals surface area (Å²) in [6.45, 7) is 4.43. The van der Waals surface area contributed by atoms with Crippen LogP contribution in [0.5, 0.6) is 0 Å². The summed E-state index contributed by atoms with van der Waals surface area (Å²) in [6, 6.07) is 4.88. The number of aromatic nitrogens is 1. The quantitative estimate of drug-likeness (QED) is 0.809. The van der Waals surface area contributed by atoms with Crippen molar-refractivity contribution in [3.05, 3.63) is 28.7 Å². The van der Waals surface area contributed by atoms with Crippen molar-refractivity contribution in [3.63, 3.8) is 0 Å². The summed E-state index contributed by atoms with van der Waals surface area (Å²) in [5, 5.41) is 0. The molecule has 8 heteroatoms. The Hall–Kier alpha value is -1.67. The number of halogens is 2. The Bertz CT molecular complexity index is 730. The van der Waals surface area contributed by atoms with Gasteiger partial charge in [0.25, 0.3) is 6.43 Å². The van der Waals surface area contributed by atoms with Crippen molar-refractivity contribution in [2.75, 3.05) is 13.2 Å². The molecular weight excluding hydrogens is 295 g/mol. The summed E-state index contributed by atoms with van der Waals surface area (Å²) in [6.07, 6.45) is -2.63. The first-order chi connectivity index (χ1) is 10.4. The molecule has 0 amide bonds. The Morgan fingerprint density at radius 1 is 1.32 bits per heavy atom. The number of hydrogen-bond donors (Lipinski definition) is 0. The summed E-state index contributed by atoms with van der Waals surface area (Å²) in [5.74, 6) is -0.793. The van der Waals surface area contributed by atoms with Crippen molar-refractivity contribution in [2.45, 2.75) is 26.8 Å². The van der Waals surface area contributed by atoms with E-state index in [1.165, 1.54) is 0 Å². The molecule has 5 nitrogen and oxygen atoms in total. The molecule has 2 heterocycles. The largest absolute Gasteiger partial charge is 0.493 e. The molecule has 0 spiro atoms. The monoisotopic (exact) mass is 311 g/mol. The molecule has 1 aliphatic rings. The predicted octanol–water partition coefficient (Wildman–Crippen LogP) is 1.63. The van der Waals surface area contributed by atoms with E-state index in [0.717, 1.165) is 4.57 Å². The number of nitrogens with zero attached hydrogens (tertiary/aromatic N) is 1. The molecule has 0 bridgehead atoms. The molecular formula is C14H16BF2NO4. The zero-order valence-electron chi connectivity index (χ0n) is 12.3. The van der Waals surface area contributed by atoms with E-state index in [-0.39, 0.29) is 11.0 Å². The highest BCUT2D eigenvalue weighted by Crippen LogP contribution is 2.22. The second kappa shape index (κ2) is 5.51. The molecule has 0 aliphatic carbocycles. The smallest absolute Gasteiger partial charge is 0.408 e. The van der Waals surface area contributed by atoms with Gasteiger partial charge in [0.1, 0.15) is 0 Å². The summed E-state index contributed by atoms with van der Waals surface area (Å²) in [4.78, 5) is 11.6. The minimum absolute atomic E-state index is 0.0615. The minimum atomic E-state index is -2.63.